The molecule has 0 bridgehead atoms. The molecule has 0 spiro atoms. The largest absolute Gasteiger partial charge is 0.504 e. The molecule has 0 radical (unpaired) electrons. The molecule has 2 aliphatic carbocycles. The molecule has 222 valence electrons. The summed E-state index contributed by atoms with van der Waals surface area (Å²) in [5.41, 5.74) is 1.73. The number of aliphatic hydroxyl groups excluding tert-OH is 3. The lowest BCUT2D eigenvalue weighted by Crippen LogP contribution is -2.48. The molecule has 0 aromatic heterocycles. The monoisotopic (exact) mass is 560 g/mol. The molecule has 0 aliphatic heterocycles. The highest BCUT2D eigenvalue weighted by Gasteiger charge is 2.41. The maximum Gasteiger partial charge on any atom is 0.200 e. The predicted octanol–water partition coefficient (Wildman–Crippen LogP) is 4.08. The van der Waals surface area contributed by atoms with E-state index in [0.717, 1.165) is 36.8 Å². The molecule has 0 heterocycles. The molecule has 2 aliphatic rings. The normalized spacial score (nSPS) is 24.4. The molecule has 2 saturated carbocycles. The van der Waals surface area contributed by atoms with Gasteiger partial charge in [0.05, 0.1) is 38.6 Å². The van der Waals surface area contributed by atoms with Gasteiger partial charge in [-0.1, -0.05) is 12.5 Å². The Bertz CT molecular complexity index is 1060. The Hall–Kier alpha value is -2.72. The third-order valence-electron chi connectivity index (χ3n) is 8.53. The first-order valence-corrected chi connectivity index (χ1v) is 14.4. The van der Waals surface area contributed by atoms with Crippen molar-refractivity contribution in [2.24, 2.45) is 11.8 Å². The van der Waals surface area contributed by atoms with Crippen LogP contribution in [0.5, 0.6) is 28.7 Å². The highest BCUT2D eigenvalue weighted by Crippen LogP contribution is 2.41. The summed E-state index contributed by atoms with van der Waals surface area (Å²) in [5, 5.41) is 52.5. The first-order chi connectivity index (χ1) is 19.3. The fourth-order valence-corrected chi connectivity index (χ4v) is 6.29. The molecule has 2 fully saturated rings. The molecule has 5 atom stereocenters. The Morgan fingerprint density at radius 2 is 1.52 bits per heavy atom. The van der Waals surface area contributed by atoms with Crippen molar-refractivity contribution in [3.8, 4) is 28.7 Å². The quantitative estimate of drug-likeness (QED) is 0.243. The second kappa shape index (κ2) is 14.3. The summed E-state index contributed by atoms with van der Waals surface area (Å²) < 4.78 is 22.4. The van der Waals surface area contributed by atoms with Gasteiger partial charge in [0.1, 0.15) is 6.79 Å². The van der Waals surface area contributed by atoms with E-state index in [1.165, 1.54) is 20.6 Å². The van der Waals surface area contributed by atoms with Crippen molar-refractivity contribution in [2.75, 3.05) is 21.0 Å². The van der Waals surface area contributed by atoms with Crippen LogP contribution >= 0.6 is 0 Å². The number of hydrogen-bond donors (Lipinski definition) is 5. The van der Waals surface area contributed by atoms with Crippen LogP contribution in [0.1, 0.15) is 62.5 Å². The Labute approximate surface area is 236 Å². The fourth-order valence-electron chi connectivity index (χ4n) is 6.29. The van der Waals surface area contributed by atoms with Crippen molar-refractivity contribution in [1.29, 1.82) is 0 Å². The zero-order valence-corrected chi connectivity index (χ0v) is 23.5. The lowest BCUT2D eigenvalue weighted by molar-refractivity contribution is -0.136. The Morgan fingerprint density at radius 3 is 2.17 bits per heavy atom. The molecular formula is C31H44O9. The Balaban J connectivity index is 1.45. The zero-order chi connectivity index (χ0) is 28.6. The Kier molecular flexibility index (Phi) is 10.8. The van der Waals surface area contributed by atoms with Crippen LogP contribution in [0, 0.1) is 11.8 Å². The van der Waals surface area contributed by atoms with E-state index < -0.39 is 31.0 Å². The van der Waals surface area contributed by atoms with Gasteiger partial charge >= 0.3 is 0 Å². The molecule has 2 aromatic carbocycles. The van der Waals surface area contributed by atoms with E-state index in [1.807, 2.05) is 12.1 Å². The van der Waals surface area contributed by atoms with Crippen molar-refractivity contribution < 1.29 is 44.5 Å². The molecule has 0 unspecified atom stereocenters. The fraction of sp³-hybridized carbons (Fsp3) is 0.613. The standard InChI is InChI=1S/C31H44O9/c1-37-28-16-20(17-29(38-2)31(28)36)14-23-24(33)12-10-22(30(23)35)26(39-18-32)13-9-19-8-11-25(34)27(15-19)40-21-6-4-3-5-7-21/h8,11,15-17,21-24,26,30,32-36H,3-7,9-10,12-14,18H2,1-2H3/t22-,23-,24+,26+,30-/m1/s1. The molecular weight excluding hydrogens is 516 g/mol. The summed E-state index contributed by atoms with van der Waals surface area (Å²) in [6, 6.07) is 8.74. The molecule has 0 saturated heterocycles. The average molecular weight is 561 g/mol. The minimum Gasteiger partial charge on any atom is -0.504 e. The van der Waals surface area contributed by atoms with Crippen molar-refractivity contribution in [3.63, 3.8) is 0 Å². The zero-order valence-electron chi connectivity index (χ0n) is 23.5. The van der Waals surface area contributed by atoms with E-state index in [9.17, 15) is 25.5 Å². The summed E-state index contributed by atoms with van der Waals surface area (Å²) in [6.45, 7) is -0.473. The van der Waals surface area contributed by atoms with Crippen molar-refractivity contribution in [2.45, 2.75) is 88.6 Å². The minimum atomic E-state index is -0.879. The van der Waals surface area contributed by atoms with E-state index in [4.69, 9.17) is 18.9 Å². The average Bonchev–Trinajstić information content (AvgIpc) is 2.96. The SMILES string of the molecule is COc1cc(C[C@H]2[C@H](O)[C@@H]([C@H](CCc3ccc(O)c(OC4CCCCC4)c3)OCO)CC[C@@H]2O)cc(OC)c1O. The van der Waals surface area contributed by atoms with Gasteiger partial charge in [-0.05, 0) is 93.2 Å². The molecule has 9 heteroatoms. The maximum atomic E-state index is 11.4. The van der Waals surface area contributed by atoms with Crippen LogP contribution < -0.4 is 14.2 Å². The van der Waals surface area contributed by atoms with E-state index in [0.29, 0.717) is 37.9 Å². The summed E-state index contributed by atoms with van der Waals surface area (Å²) in [6.07, 6.45) is 6.10. The van der Waals surface area contributed by atoms with Crippen LogP contribution in [0.15, 0.2) is 30.3 Å². The van der Waals surface area contributed by atoms with Crippen molar-refractivity contribution >= 4 is 0 Å². The molecule has 0 amide bonds. The van der Waals surface area contributed by atoms with Gasteiger partial charge in [-0.3, -0.25) is 0 Å². The van der Waals surface area contributed by atoms with Gasteiger partial charge in [-0.25, -0.2) is 0 Å². The van der Waals surface area contributed by atoms with E-state index in [1.54, 1.807) is 18.2 Å². The topological polar surface area (TPSA) is 138 Å². The number of aromatic hydroxyl groups is 2. The number of methoxy groups -OCH3 is 2. The number of aryl methyl sites for hydroxylation is 1. The second-order valence-electron chi connectivity index (χ2n) is 11.1. The number of phenolic OH excluding ortho intramolecular Hbond substituents is 2. The lowest BCUT2D eigenvalue weighted by Gasteiger charge is -2.41. The van der Waals surface area contributed by atoms with Gasteiger partial charge in [-0.15, -0.1) is 0 Å². The van der Waals surface area contributed by atoms with E-state index >= 15 is 0 Å². The van der Waals surface area contributed by atoms with E-state index in [-0.39, 0.29) is 35.0 Å². The number of aliphatic hydroxyl groups is 3. The third kappa shape index (κ3) is 7.32. The van der Waals surface area contributed by atoms with E-state index in [2.05, 4.69) is 0 Å². The summed E-state index contributed by atoms with van der Waals surface area (Å²) in [5.74, 6) is 0.252. The van der Waals surface area contributed by atoms with Gasteiger partial charge in [0.25, 0.3) is 0 Å². The van der Waals surface area contributed by atoms with Crippen molar-refractivity contribution in [3.05, 3.63) is 41.5 Å². The summed E-state index contributed by atoms with van der Waals surface area (Å²) in [4.78, 5) is 0. The first-order valence-electron chi connectivity index (χ1n) is 14.4. The number of rotatable bonds is 12. The molecule has 4 rings (SSSR count). The van der Waals surface area contributed by atoms with Gasteiger partial charge in [0.2, 0.25) is 5.75 Å². The Morgan fingerprint density at radius 1 is 0.850 bits per heavy atom. The molecule has 2 aromatic rings. The smallest absolute Gasteiger partial charge is 0.200 e. The number of benzene rings is 2. The second-order valence-corrected chi connectivity index (χ2v) is 11.1. The van der Waals surface area contributed by atoms with Gasteiger partial charge in [0.15, 0.2) is 23.0 Å². The van der Waals surface area contributed by atoms with Gasteiger partial charge in [0, 0.05) is 11.8 Å². The lowest BCUT2D eigenvalue weighted by atomic mass is 9.71. The highest BCUT2D eigenvalue weighted by molar-refractivity contribution is 5.53. The maximum absolute atomic E-state index is 11.4. The van der Waals surface area contributed by atoms with Crippen LogP contribution in [0.25, 0.3) is 0 Å². The summed E-state index contributed by atoms with van der Waals surface area (Å²) >= 11 is 0. The number of hydrogen-bond acceptors (Lipinski definition) is 9. The number of ether oxygens (including phenoxy) is 4. The van der Waals surface area contributed by atoms with Crippen LogP contribution in [0.3, 0.4) is 0 Å². The van der Waals surface area contributed by atoms with Gasteiger partial charge in [-0.2, -0.15) is 0 Å². The first kappa shape index (κ1) is 30.2. The van der Waals surface area contributed by atoms with Gasteiger partial charge < -0.3 is 44.5 Å². The van der Waals surface area contributed by atoms with Crippen LogP contribution in [-0.2, 0) is 17.6 Å². The highest BCUT2D eigenvalue weighted by atomic mass is 16.6. The predicted molar refractivity (Wildman–Crippen MR) is 149 cm³/mol. The minimum absolute atomic E-state index is 0.102. The molecule has 5 N–H and O–H groups in total. The third-order valence-corrected chi connectivity index (χ3v) is 8.53. The van der Waals surface area contributed by atoms with Crippen LogP contribution in [-0.4, -0.2) is 71.0 Å². The number of phenols is 2. The molecule has 40 heavy (non-hydrogen) atoms. The van der Waals surface area contributed by atoms with Crippen LogP contribution in [0.2, 0.25) is 0 Å². The summed E-state index contributed by atoms with van der Waals surface area (Å²) in [7, 11) is 2.91. The molecule has 9 nitrogen and oxygen atoms in total. The van der Waals surface area contributed by atoms with Crippen molar-refractivity contribution in [1.82, 2.24) is 0 Å². The van der Waals surface area contributed by atoms with Crippen LogP contribution in [0.4, 0.5) is 0 Å².